The lowest BCUT2D eigenvalue weighted by atomic mass is 9.92. The number of hydrogen-bond donors (Lipinski definition) is 0. The van der Waals surface area contributed by atoms with Crippen molar-refractivity contribution in [1.82, 2.24) is 9.38 Å². The second-order valence-electron chi connectivity index (χ2n) is 12.4. The molecule has 7 rings (SSSR count). The highest BCUT2D eigenvalue weighted by atomic mass is 19.1. The summed E-state index contributed by atoms with van der Waals surface area (Å²) in [5.74, 6) is -0.0245. The van der Waals surface area contributed by atoms with E-state index in [0.29, 0.717) is 19.0 Å². The number of carbonyl (C=O) groups is 1. The fraction of sp³-hybridized carbons (Fsp3) is 0.444. The zero-order valence-corrected chi connectivity index (χ0v) is 26.2. The van der Waals surface area contributed by atoms with Crippen molar-refractivity contribution in [1.29, 1.82) is 0 Å². The first-order valence-electron chi connectivity index (χ1n) is 15.9. The van der Waals surface area contributed by atoms with E-state index in [0.717, 1.165) is 90.0 Å². The molecule has 1 saturated heterocycles. The van der Waals surface area contributed by atoms with Gasteiger partial charge in [-0.15, -0.1) is 0 Å². The van der Waals surface area contributed by atoms with Gasteiger partial charge in [-0.2, -0.15) is 0 Å². The molecule has 2 aromatic heterocycles. The van der Waals surface area contributed by atoms with Gasteiger partial charge in [0, 0.05) is 49.3 Å². The van der Waals surface area contributed by atoms with E-state index < -0.39 is 0 Å². The van der Waals surface area contributed by atoms with Crippen LogP contribution in [-0.4, -0.2) is 53.4 Å². The average molecular weight is 600 g/mol. The maximum atomic E-state index is 14.4. The number of carbonyl (C=O) groups excluding carboxylic acids is 1. The van der Waals surface area contributed by atoms with E-state index in [4.69, 9.17) is 19.2 Å². The molecule has 0 N–H and O–H groups in total. The summed E-state index contributed by atoms with van der Waals surface area (Å²) in [5.41, 5.74) is 7.09. The molecule has 6 bridgehead atoms. The second kappa shape index (κ2) is 12.6. The Morgan fingerprint density at radius 1 is 1.11 bits per heavy atom. The summed E-state index contributed by atoms with van der Waals surface area (Å²) in [6.45, 7) is 10.8. The predicted molar refractivity (Wildman–Crippen MR) is 171 cm³/mol. The Kier molecular flexibility index (Phi) is 8.63. The minimum absolute atomic E-state index is 0.0629. The number of pyridine rings is 1. The van der Waals surface area contributed by atoms with Gasteiger partial charge in [0.15, 0.2) is 5.65 Å². The zero-order chi connectivity index (χ0) is 30.8. The van der Waals surface area contributed by atoms with Crippen molar-refractivity contribution < 1.29 is 23.4 Å². The number of benzene rings is 2. The largest absolute Gasteiger partial charge is 0.490 e. The van der Waals surface area contributed by atoms with Gasteiger partial charge in [-0.25, -0.2) is 9.37 Å². The van der Waals surface area contributed by atoms with Crippen LogP contribution in [-0.2, 0) is 20.7 Å². The third kappa shape index (κ3) is 6.32. The van der Waals surface area contributed by atoms with Gasteiger partial charge in [0.2, 0.25) is 0 Å². The lowest BCUT2D eigenvalue weighted by Crippen LogP contribution is -2.45. The van der Waals surface area contributed by atoms with Gasteiger partial charge in [0.25, 0.3) is 0 Å². The first kappa shape index (κ1) is 30.1. The summed E-state index contributed by atoms with van der Waals surface area (Å²) in [6.07, 6.45) is 8.73. The number of fused-ring (bicyclic) bond motifs is 8. The fourth-order valence-corrected chi connectivity index (χ4v) is 6.48. The molecular weight excluding hydrogens is 557 g/mol. The fourth-order valence-electron chi connectivity index (χ4n) is 6.48. The van der Waals surface area contributed by atoms with Gasteiger partial charge < -0.3 is 23.5 Å². The molecule has 0 saturated carbocycles. The van der Waals surface area contributed by atoms with E-state index in [2.05, 4.69) is 22.3 Å². The van der Waals surface area contributed by atoms with Crippen LogP contribution in [0.15, 0.2) is 54.9 Å². The first-order valence-corrected chi connectivity index (χ1v) is 15.9. The van der Waals surface area contributed by atoms with Gasteiger partial charge in [-0.1, -0.05) is 18.2 Å². The van der Waals surface area contributed by atoms with E-state index in [1.165, 1.54) is 12.1 Å². The number of halogens is 1. The van der Waals surface area contributed by atoms with Crippen LogP contribution >= 0.6 is 0 Å². The van der Waals surface area contributed by atoms with Gasteiger partial charge in [-0.05, 0) is 94.7 Å². The van der Waals surface area contributed by atoms with Crippen molar-refractivity contribution in [2.75, 3.05) is 31.2 Å². The molecule has 0 amide bonds. The Hall–Kier alpha value is -3.91. The summed E-state index contributed by atoms with van der Waals surface area (Å²) < 4.78 is 34.6. The van der Waals surface area contributed by atoms with Crippen LogP contribution in [0.25, 0.3) is 28.0 Å². The zero-order valence-electron chi connectivity index (χ0n) is 26.2. The molecule has 4 aromatic rings. The van der Waals surface area contributed by atoms with Crippen molar-refractivity contribution in [3.8, 4) is 28.1 Å². The van der Waals surface area contributed by atoms with Crippen LogP contribution in [0.1, 0.15) is 64.0 Å². The highest BCUT2D eigenvalue weighted by molar-refractivity contribution is 5.84. The highest BCUT2D eigenvalue weighted by Gasteiger charge is 2.33. The van der Waals surface area contributed by atoms with Crippen LogP contribution in [0.3, 0.4) is 0 Å². The van der Waals surface area contributed by atoms with E-state index in [1.807, 2.05) is 51.4 Å². The number of rotatable bonds is 3. The molecule has 3 aliphatic heterocycles. The molecule has 3 aliphatic rings. The Labute approximate surface area is 259 Å². The normalized spacial score (nSPS) is 20.8. The molecule has 0 spiro atoms. The number of aryl methyl sites for hydroxylation is 1. The number of esters is 1. The van der Waals surface area contributed by atoms with Crippen LogP contribution in [0.2, 0.25) is 0 Å². The highest BCUT2D eigenvalue weighted by Crippen LogP contribution is 2.38. The molecule has 0 radical (unpaired) electrons. The van der Waals surface area contributed by atoms with Gasteiger partial charge in [0.05, 0.1) is 36.1 Å². The molecule has 1 atom stereocenters. The minimum atomic E-state index is -0.324. The third-order valence-electron chi connectivity index (χ3n) is 9.00. The monoisotopic (exact) mass is 599 g/mol. The number of hydrogen-bond acceptors (Lipinski definition) is 6. The van der Waals surface area contributed by atoms with Crippen molar-refractivity contribution >= 4 is 17.3 Å². The number of anilines is 1. The molecule has 44 heavy (non-hydrogen) atoms. The van der Waals surface area contributed by atoms with Crippen molar-refractivity contribution in [3.05, 3.63) is 71.8 Å². The van der Waals surface area contributed by atoms with E-state index in [1.54, 1.807) is 6.07 Å². The summed E-state index contributed by atoms with van der Waals surface area (Å²) >= 11 is 0. The molecule has 7 nitrogen and oxygen atoms in total. The topological polar surface area (TPSA) is 65.3 Å². The molecule has 2 aromatic carbocycles. The molecule has 0 unspecified atom stereocenters. The predicted octanol–water partition coefficient (Wildman–Crippen LogP) is 7.55. The Bertz CT molecular complexity index is 1660. The van der Waals surface area contributed by atoms with Crippen molar-refractivity contribution in [2.24, 2.45) is 0 Å². The van der Waals surface area contributed by atoms with Crippen LogP contribution in [0.4, 0.5) is 10.1 Å². The number of ether oxygens (including phenoxy) is 3. The van der Waals surface area contributed by atoms with Crippen LogP contribution < -0.4 is 9.64 Å². The third-order valence-corrected chi connectivity index (χ3v) is 9.00. The smallest absolute Gasteiger partial charge is 0.310 e. The van der Waals surface area contributed by atoms with Crippen LogP contribution in [0.5, 0.6) is 5.75 Å². The molecular formula is C36H42FN3O4. The standard InChI is InChI=1S/C36H42FN3O4/c1-5-42-33(41)21-30-24(2)22-40-23-31-27-11-8-10-26(19-27)29-13-12-28(37)20-32(29)44-25(3)9-6-7-18-43-36(4)14-16-39(17-15-36)34(30)35(40)38-31/h8,10-13,19-20,22-23,25H,5-7,9,14-18,21H2,1-4H3/t25-/m0/s1. The van der Waals surface area contributed by atoms with Crippen LogP contribution in [0, 0.1) is 12.7 Å². The summed E-state index contributed by atoms with van der Waals surface area (Å²) in [6, 6.07) is 12.9. The summed E-state index contributed by atoms with van der Waals surface area (Å²) in [7, 11) is 0. The number of nitrogens with zero attached hydrogens (tertiary/aromatic N) is 3. The van der Waals surface area contributed by atoms with E-state index >= 15 is 0 Å². The molecule has 1 fully saturated rings. The Morgan fingerprint density at radius 2 is 1.91 bits per heavy atom. The second-order valence-corrected chi connectivity index (χ2v) is 12.4. The SMILES string of the molecule is CCOC(=O)Cc1c(C)cn2cc3nc2c1N1CCC(C)(CC1)OCCCC[C@H](C)Oc1cc(F)ccc1-c1cccc-3c1. The maximum Gasteiger partial charge on any atom is 0.310 e. The van der Waals surface area contributed by atoms with Gasteiger partial charge in [0.1, 0.15) is 11.6 Å². The van der Waals surface area contributed by atoms with Crippen molar-refractivity contribution in [3.63, 3.8) is 0 Å². The number of imidazole rings is 1. The van der Waals surface area contributed by atoms with Gasteiger partial charge in [-0.3, -0.25) is 4.79 Å². The summed E-state index contributed by atoms with van der Waals surface area (Å²) in [4.78, 5) is 20.3. The number of aromatic nitrogens is 2. The minimum Gasteiger partial charge on any atom is -0.490 e. The molecule has 5 heterocycles. The van der Waals surface area contributed by atoms with Crippen molar-refractivity contribution in [2.45, 2.75) is 77.9 Å². The quantitative estimate of drug-likeness (QED) is 0.227. The first-order chi connectivity index (χ1) is 21.2. The molecule has 232 valence electrons. The van der Waals surface area contributed by atoms with E-state index in [9.17, 15) is 9.18 Å². The lowest BCUT2D eigenvalue weighted by Gasteiger charge is -2.41. The van der Waals surface area contributed by atoms with Gasteiger partial charge >= 0.3 is 5.97 Å². The number of piperidine rings is 1. The molecule has 8 heteroatoms. The molecule has 0 aliphatic carbocycles. The average Bonchev–Trinajstić information content (AvgIpc) is 3.41. The maximum absolute atomic E-state index is 14.4. The summed E-state index contributed by atoms with van der Waals surface area (Å²) in [5, 5.41) is 0. The Balaban J connectivity index is 1.48. The Morgan fingerprint density at radius 3 is 2.70 bits per heavy atom. The van der Waals surface area contributed by atoms with E-state index in [-0.39, 0.29) is 29.9 Å². The lowest BCUT2D eigenvalue weighted by molar-refractivity contribution is -0.142.